The van der Waals surface area contributed by atoms with E-state index >= 15 is 0 Å². The average molecular weight is 369 g/mol. The van der Waals surface area contributed by atoms with Crippen LogP contribution >= 0.6 is 0 Å². The maximum Gasteiger partial charge on any atom is 0.244 e. The molecule has 0 aliphatic carbocycles. The van der Waals surface area contributed by atoms with Crippen molar-refractivity contribution in [3.05, 3.63) is 71.5 Å². The molecule has 3 rings (SSSR count). The number of aromatic nitrogens is 2. The van der Waals surface area contributed by atoms with E-state index in [1.165, 1.54) is 0 Å². The van der Waals surface area contributed by atoms with E-state index in [1.54, 1.807) is 25.6 Å². The summed E-state index contributed by atoms with van der Waals surface area (Å²) in [6.07, 6.45) is 0. The summed E-state index contributed by atoms with van der Waals surface area (Å²) >= 11 is 0. The monoisotopic (exact) mass is 369 g/mol. The summed E-state index contributed by atoms with van der Waals surface area (Å²) in [5.41, 5.74) is 4.27. The second-order valence-electron chi connectivity index (χ2n) is 6.45. The zero-order valence-corrected chi connectivity index (χ0v) is 16.2. The van der Waals surface area contributed by atoms with Crippen molar-refractivity contribution in [2.45, 2.75) is 31.7 Å². The number of hydrogen-bond acceptors (Lipinski definition) is 3. The van der Waals surface area contributed by atoms with E-state index < -0.39 is 10.0 Å². The molecule has 0 bridgehead atoms. The molecule has 0 aliphatic rings. The van der Waals surface area contributed by atoms with Crippen LogP contribution in [0.2, 0.25) is 0 Å². The molecule has 0 aliphatic heterocycles. The predicted octanol–water partition coefficient (Wildman–Crippen LogP) is 3.74. The molecule has 3 aromatic rings. The molecule has 1 heterocycles. The van der Waals surface area contributed by atoms with Gasteiger partial charge in [-0.15, -0.1) is 0 Å². The van der Waals surface area contributed by atoms with E-state index in [1.807, 2.05) is 49.4 Å². The summed E-state index contributed by atoms with van der Waals surface area (Å²) in [4.78, 5) is 0.257. The van der Waals surface area contributed by atoms with Crippen molar-refractivity contribution in [3.8, 4) is 11.1 Å². The normalized spacial score (nSPS) is 12.9. The van der Waals surface area contributed by atoms with Crippen LogP contribution in [-0.2, 0) is 17.1 Å². The molecule has 26 heavy (non-hydrogen) atoms. The first-order valence-electron chi connectivity index (χ1n) is 8.47. The summed E-state index contributed by atoms with van der Waals surface area (Å²) in [6.45, 7) is 5.31. The second-order valence-corrected chi connectivity index (χ2v) is 8.11. The number of nitrogens with one attached hydrogen (secondary N) is 1. The molecule has 1 N–H and O–H groups in total. The molecule has 2 aromatic carbocycles. The van der Waals surface area contributed by atoms with Crippen molar-refractivity contribution in [1.29, 1.82) is 0 Å². The van der Waals surface area contributed by atoms with Crippen molar-refractivity contribution in [3.63, 3.8) is 0 Å². The molecule has 0 radical (unpaired) electrons. The summed E-state index contributed by atoms with van der Waals surface area (Å²) in [6, 6.07) is 17.7. The Kier molecular flexibility index (Phi) is 4.98. The Morgan fingerprint density at radius 3 is 2.08 bits per heavy atom. The quantitative estimate of drug-likeness (QED) is 0.745. The molecule has 0 spiro atoms. The third-order valence-corrected chi connectivity index (χ3v) is 6.35. The Hall–Kier alpha value is -2.44. The van der Waals surface area contributed by atoms with Crippen molar-refractivity contribution < 1.29 is 8.42 Å². The molecular weight excluding hydrogens is 346 g/mol. The largest absolute Gasteiger partial charge is 0.271 e. The van der Waals surface area contributed by atoms with Crippen LogP contribution < -0.4 is 4.72 Å². The average Bonchev–Trinajstić information content (AvgIpc) is 2.88. The van der Waals surface area contributed by atoms with Crippen LogP contribution in [0.1, 0.15) is 29.9 Å². The first-order chi connectivity index (χ1) is 12.3. The standard InChI is InChI=1S/C20H23N3O2S/c1-14(22-26(24,25)20-15(2)21-23(4)16(20)3)17-10-12-19(13-11-17)18-8-6-5-7-9-18/h5-14,22H,1-4H3. The summed E-state index contributed by atoms with van der Waals surface area (Å²) in [5.74, 6) is 0. The van der Waals surface area contributed by atoms with Crippen LogP contribution in [0.5, 0.6) is 0 Å². The molecule has 6 heteroatoms. The van der Waals surface area contributed by atoms with E-state index in [9.17, 15) is 8.42 Å². The molecule has 1 atom stereocenters. The Balaban J connectivity index is 1.82. The lowest BCUT2D eigenvalue weighted by atomic mass is 10.0. The van der Waals surface area contributed by atoms with Crippen LogP contribution in [0.25, 0.3) is 11.1 Å². The number of nitrogens with zero attached hydrogens (tertiary/aromatic N) is 2. The van der Waals surface area contributed by atoms with Gasteiger partial charge in [0.1, 0.15) is 4.90 Å². The van der Waals surface area contributed by atoms with Crippen molar-refractivity contribution >= 4 is 10.0 Å². The minimum atomic E-state index is -3.64. The molecule has 5 nitrogen and oxygen atoms in total. The topological polar surface area (TPSA) is 64.0 Å². The van der Waals surface area contributed by atoms with E-state index in [-0.39, 0.29) is 10.9 Å². The highest BCUT2D eigenvalue weighted by molar-refractivity contribution is 7.89. The van der Waals surface area contributed by atoms with Gasteiger partial charge in [-0.3, -0.25) is 4.68 Å². The first-order valence-corrected chi connectivity index (χ1v) is 9.96. The van der Waals surface area contributed by atoms with E-state index in [4.69, 9.17) is 0 Å². The van der Waals surface area contributed by atoms with Gasteiger partial charge in [-0.25, -0.2) is 13.1 Å². The fourth-order valence-corrected chi connectivity index (χ4v) is 4.77. The van der Waals surface area contributed by atoms with Gasteiger partial charge in [-0.2, -0.15) is 5.10 Å². The van der Waals surface area contributed by atoms with E-state index in [2.05, 4.69) is 22.0 Å². The third kappa shape index (κ3) is 3.57. The van der Waals surface area contributed by atoms with Gasteiger partial charge < -0.3 is 0 Å². The van der Waals surface area contributed by atoms with Gasteiger partial charge in [-0.05, 0) is 37.5 Å². The fourth-order valence-electron chi connectivity index (χ4n) is 3.10. The highest BCUT2D eigenvalue weighted by Gasteiger charge is 2.25. The Morgan fingerprint density at radius 2 is 1.54 bits per heavy atom. The van der Waals surface area contributed by atoms with Crippen molar-refractivity contribution in [2.24, 2.45) is 7.05 Å². The maximum atomic E-state index is 12.8. The number of sulfonamides is 1. The minimum absolute atomic E-state index is 0.257. The molecule has 1 aromatic heterocycles. The third-order valence-electron chi connectivity index (χ3n) is 4.56. The number of rotatable bonds is 5. The molecule has 0 saturated carbocycles. The lowest BCUT2D eigenvalue weighted by Gasteiger charge is -2.15. The first kappa shape index (κ1) is 18.4. The second kappa shape index (κ2) is 7.05. The highest BCUT2D eigenvalue weighted by Crippen LogP contribution is 2.24. The van der Waals surface area contributed by atoms with E-state index in [0.717, 1.165) is 16.7 Å². The minimum Gasteiger partial charge on any atom is -0.271 e. The molecule has 0 amide bonds. The highest BCUT2D eigenvalue weighted by atomic mass is 32.2. The van der Waals surface area contributed by atoms with Gasteiger partial charge in [0.2, 0.25) is 10.0 Å². The maximum absolute atomic E-state index is 12.8. The van der Waals surface area contributed by atoms with E-state index in [0.29, 0.717) is 11.4 Å². The van der Waals surface area contributed by atoms with Gasteiger partial charge in [0.05, 0.1) is 11.4 Å². The predicted molar refractivity (Wildman–Crippen MR) is 103 cm³/mol. The molecule has 1 unspecified atom stereocenters. The molecular formula is C20H23N3O2S. The van der Waals surface area contributed by atoms with Crippen LogP contribution in [0.4, 0.5) is 0 Å². The number of aryl methyl sites for hydroxylation is 2. The van der Waals surface area contributed by atoms with Gasteiger partial charge in [-0.1, -0.05) is 54.6 Å². The van der Waals surface area contributed by atoms with Gasteiger partial charge in [0.25, 0.3) is 0 Å². The Labute approximate surface area is 154 Å². The fraction of sp³-hybridized carbons (Fsp3) is 0.250. The van der Waals surface area contributed by atoms with Crippen molar-refractivity contribution in [1.82, 2.24) is 14.5 Å². The molecule has 136 valence electrons. The zero-order chi connectivity index (χ0) is 18.9. The van der Waals surface area contributed by atoms with Crippen molar-refractivity contribution in [2.75, 3.05) is 0 Å². The summed E-state index contributed by atoms with van der Waals surface area (Å²) < 4.78 is 29.9. The number of hydrogen-bond donors (Lipinski definition) is 1. The summed E-state index contributed by atoms with van der Waals surface area (Å²) in [7, 11) is -1.90. The zero-order valence-electron chi connectivity index (χ0n) is 15.4. The molecule has 0 fully saturated rings. The lowest BCUT2D eigenvalue weighted by molar-refractivity contribution is 0.565. The van der Waals surface area contributed by atoms with Crippen LogP contribution in [0, 0.1) is 13.8 Å². The Bertz CT molecular complexity index is 1010. The van der Waals surface area contributed by atoms with Crippen LogP contribution in [-0.4, -0.2) is 18.2 Å². The van der Waals surface area contributed by atoms with Crippen LogP contribution in [0.15, 0.2) is 59.5 Å². The van der Waals surface area contributed by atoms with Gasteiger partial charge in [0.15, 0.2) is 0 Å². The smallest absolute Gasteiger partial charge is 0.244 e. The van der Waals surface area contributed by atoms with Gasteiger partial charge in [0, 0.05) is 13.1 Å². The SMILES string of the molecule is Cc1nn(C)c(C)c1S(=O)(=O)NC(C)c1ccc(-c2ccccc2)cc1. The summed E-state index contributed by atoms with van der Waals surface area (Å²) in [5, 5.41) is 4.20. The Morgan fingerprint density at radius 1 is 0.962 bits per heavy atom. The van der Waals surface area contributed by atoms with Crippen LogP contribution in [0.3, 0.4) is 0 Å². The number of benzene rings is 2. The molecule has 0 saturated heterocycles. The van der Waals surface area contributed by atoms with Gasteiger partial charge >= 0.3 is 0 Å². The lowest BCUT2D eigenvalue weighted by Crippen LogP contribution is -2.27.